The third-order valence-corrected chi connectivity index (χ3v) is 3.88. The van der Waals surface area contributed by atoms with Crippen molar-refractivity contribution in [1.82, 2.24) is 14.8 Å². The zero-order chi connectivity index (χ0) is 16.1. The van der Waals surface area contributed by atoms with Gasteiger partial charge in [0.15, 0.2) is 0 Å². The Morgan fingerprint density at radius 1 is 1.13 bits per heavy atom. The fourth-order valence-corrected chi connectivity index (χ4v) is 2.56. The first-order valence-electron chi connectivity index (χ1n) is 7.26. The van der Waals surface area contributed by atoms with Gasteiger partial charge in [0, 0.05) is 17.1 Å². The monoisotopic (exact) mass is 327 g/mol. The van der Waals surface area contributed by atoms with Gasteiger partial charge in [-0.25, -0.2) is 9.37 Å². The minimum absolute atomic E-state index is 0.246. The van der Waals surface area contributed by atoms with Crippen molar-refractivity contribution in [3.05, 3.63) is 83.2 Å². The largest absolute Gasteiger partial charge is 0.253 e. The molecule has 1 aromatic heterocycles. The molecule has 2 aromatic carbocycles. The molecule has 0 spiro atoms. The maximum atomic E-state index is 14.2. The molecule has 0 fully saturated rings. The fraction of sp³-hybridized carbons (Fsp3) is 0.111. The highest BCUT2D eigenvalue weighted by Crippen LogP contribution is 2.27. The predicted molar refractivity (Wildman–Crippen MR) is 90.4 cm³/mol. The van der Waals surface area contributed by atoms with Gasteiger partial charge in [-0.05, 0) is 35.8 Å². The van der Waals surface area contributed by atoms with Crippen molar-refractivity contribution in [2.45, 2.75) is 13.0 Å². The Bertz CT molecular complexity index is 813. The summed E-state index contributed by atoms with van der Waals surface area (Å²) in [5, 5.41) is 4.73. The summed E-state index contributed by atoms with van der Waals surface area (Å²) >= 11 is 6.23. The van der Waals surface area contributed by atoms with Crippen LogP contribution in [0.5, 0.6) is 0 Å². The standard InChI is InChI=1S/C18H15ClFN3/c19-17-7-3-1-5-15(17)11-14(9-10-23-13-21-12-22-23)16-6-2-4-8-18(16)20/h1-8,11-13H,9-10H2. The molecular weight excluding hydrogens is 313 g/mol. The Labute approximate surface area is 139 Å². The van der Waals surface area contributed by atoms with Crippen molar-refractivity contribution in [2.24, 2.45) is 0 Å². The van der Waals surface area contributed by atoms with Gasteiger partial charge in [-0.2, -0.15) is 5.10 Å². The van der Waals surface area contributed by atoms with Crippen LogP contribution in [0.2, 0.25) is 5.02 Å². The second-order valence-electron chi connectivity index (χ2n) is 5.08. The van der Waals surface area contributed by atoms with Gasteiger partial charge in [-0.3, -0.25) is 4.68 Å². The molecule has 0 aliphatic heterocycles. The molecule has 3 rings (SSSR count). The summed E-state index contributed by atoms with van der Waals surface area (Å²) in [6.07, 6.45) is 5.68. The summed E-state index contributed by atoms with van der Waals surface area (Å²) in [5.41, 5.74) is 2.31. The summed E-state index contributed by atoms with van der Waals surface area (Å²) in [6, 6.07) is 14.3. The van der Waals surface area contributed by atoms with E-state index in [0.29, 0.717) is 23.6 Å². The third kappa shape index (κ3) is 3.85. The third-order valence-electron chi connectivity index (χ3n) is 3.53. The smallest absolute Gasteiger partial charge is 0.137 e. The number of halogens is 2. The minimum Gasteiger partial charge on any atom is -0.253 e. The zero-order valence-electron chi connectivity index (χ0n) is 12.4. The first-order chi connectivity index (χ1) is 11.2. The molecule has 0 aliphatic carbocycles. The van der Waals surface area contributed by atoms with Gasteiger partial charge < -0.3 is 0 Å². The minimum atomic E-state index is -0.246. The second-order valence-corrected chi connectivity index (χ2v) is 5.49. The highest BCUT2D eigenvalue weighted by Gasteiger charge is 2.09. The van der Waals surface area contributed by atoms with Gasteiger partial charge in [0.05, 0.1) is 0 Å². The molecule has 116 valence electrons. The lowest BCUT2D eigenvalue weighted by Crippen LogP contribution is -2.00. The molecule has 0 unspecified atom stereocenters. The van der Waals surface area contributed by atoms with E-state index < -0.39 is 0 Å². The maximum Gasteiger partial charge on any atom is 0.137 e. The summed E-state index contributed by atoms with van der Waals surface area (Å²) in [6.45, 7) is 0.616. The summed E-state index contributed by atoms with van der Waals surface area (Å²) in [4.78, 5) is 3.93. The van der Waals surface area contributed by atoms with Gasteiger partial charge in [-0.15, -0.1) is 0 Å². The highest BCUT2D eigenvalue weighted by atomic mass is 35.5. The number of nitrogens with zero attached hydrogens (tertiary/aromatic N) is 3. The molecule has 3 nitrogen and oxygen atoms in total. The van der Waals surface area contributed by atoms with Gasteiger partial charge in [0.1, 0.15) is 18.5 Å². The number of hydrogen-bond donors (Lipinski definition) is 0. The van der Waals surface area contributed by atoms with E-state index in [4.69, 9.17) is 11.6 Å². The second kappa shape index (κ2) is 7.20. The predicted octanol–water partition coefficient (Wildman–Crippen LogP) is 4.70. The van der Waals surface area contributed by atoms with Crippen molar-refractivity contribution < 1.29 is 4.39 Å². The number of rotatable bonds is 5. The highest BCUT2D eigenvalue weighted by molar-refractivity contribution is 6.32. The Morgan fingerprint density at radius 2 is 1.91 bits per heavy atom. The Kier molecular flexibility index (Phi) is 4.83. The molecule has 0 amide bonds. The molecule has 0 N–H and O–H groups in total. The van der Waals surface area contributed by atoms with Crippen LogP contribution in [0.25, 0.3) is 11.6 Å². The number of aromatic nitrogens is 3. The van der Waals surface area contributed by atoms with Crippen LogP contribution in [-0.2, 0) is 6.54 Å². The quantitative estimate of drug-likeness (QED) is 0.636. The van der Waals surface area contributed by atoms with Crippen LogP contribution >= 0.6 is 11.6 Å². The van der Waals surface area contributed by atoms with Crippen molar-refractivity contribution in [3.8, 4) is 0 Å². The van der Waals surface area contributed by atoms with Crippen molar-refractivity contribution in [3.63, 3.8) is 0 Å². The lowest BCUT2D eigenvalue weighted by atomic mass is 9.99. The van der Waals surface area contributed by atoms with E-state index in [1.165, 1.54) is 12.4 Å². The topological polar surface area (TPSA) is 30.7 Å². The summed E-state index contributed by atoms with van der Waals surface area (Å²) in [5.74, 6) is -0.246. The van der Waals surface area contributed by atoms with E-state index in [1.54, 1.807) is 23.1 Å². The van der Waals surface area contributed by atoms with Crippen molar-refractivity contribution >= 4 is 23.3 Å². The van der Waals surface area contributed by atoms with E-state index in [2.05, 4.69) is 10.1 Å². The molecule has 0 atom stereocenters. The average Bonchev–Trinajstić information content (AvgIpc) is 3.07. The van der Waals surface area contributed by atoms with E-state index in [-0.39, 0.29) is 5.82 Å². The first kappa shape index (κ1) is 15.4. The first-order valence-corrected chi connectivity index (χ1v) is 7.64. The van der Waals surface area contributed by atoms with Crippen LogP contribution in [0.15, 0.2) is 61.2 Å². The number of hydrogen-bond acceptors (Lipinski definition) is 2. The van der Waals surface area contributed by atoms with Crippen LogP contribution in [0.1, 0.15) is 17.5 Å². The van der Waals surface area contributed by atoms with Crippen LogP contribution in [0.3, 0.4) is 0 Å². The van der Waals surface area contributed by atoms with Crippen molar-refractivity contribution in [2.75, 3.05) is 0 Å². The molecule has 23 heavy (non-hydrogen) atoms. The van der Waals surface area contributed by atoms with Gasteiger partial charge in [-0.1, -0.05) is 48.0 Å². The number of allylic oxidation sites excluding steroid dienone is 1. The molecule has 3 aromatic rings. The lowest BCUT2D eigenvalue weighted by molar-refractivity contribution is 0.612. The van der Waals surface area contributed by atoms with Gasteiger partial charge in [0.2, 0.25) is 0 Å². The van der Waals surface area contributed by atoms with Crippen LogP contribution in [0, 0.1) is 5.82 Å². The van der Waals surface area contributed by atoms with E-state index in [0.717, 1.165) is 11.1 Å². The molecule has 0 saturated carbocycles. The van der Waals surface area contributed by atoms with Gasteiger partial charge >= 0.3 is 0 Å². The Morgan fingerprint density at radius 3 is 2.65 bits per heavy atom. The van der Waals surface area contributed by atoms with Crippen molar-refractivity contribution in [1.29, 1.82) is 0 Å². The van der Waals surface area contributed by atoms with Crippen LogP contribution < -0.4 is 0 Å². The van der Waals surface area contributed by atoms with Crippen LogP contribution in [-0.4, -0.2) is 14.8 Å². The average molecular weight is 328 g/mol. The van der Waals surface area contributed by atoms with E-state index in [9.17, 15) is 4.39 Å². The molecule has 0 bridgehead atoms. The van der Waals surface area contributed by atoms with Gasteiger partial charge in [0.25, 0.3) is 0 Å². The molecule has 5 heteroatoms. The summed E-state index contributed by atoms with van der Waals surface area (Å²) < 4.78 is 15.9. The fourth-order valence-electron chi connectivity index (χ4n) is 2.37. The molecule has 1 heterocycles. The number of aryl methyl sites for hydroxylation is 1. The summed E-state index contributed by atoms with van der Waals surface area (Å²) in [7, 11) is 0. The van der Waals surface area contributed by atoms with E-state index >= 15 is 0 Å². The van der Waals surface area contributed by atoms with E-state index in [1.807, 2.05) is 36.4 Å². The lowest BCUT2D eigenvalue weighted by Gasteiger charge is -2.10. The molecule has 0 aliphatic rings. The SMILES string of the molecule is Fc1ccccc1C(=Cc1ccccc1Cl)CCn1cncn1. The Hall–Kier alpha value is -2.46. The Balaban J connectivity index is 1.96. The normalized spacial score (nSPS) is 11.7. The van der Waals surface area contributed by atoms with Crippen LogP contribution in [0.4, 0.5) is 4.39 Å². The molecule has 0 radical (unpaired) electrons. The molecular formula is C18H15ClFN3. The molecule has 0 saturated heterocycles. The number of benzene rings is 2. The maximum absolute atomic E-state index is 14.2. The zero-order valence-corrected chi connectivity index (χ0v) is 13.1.